The molecule has 0 amide bonds. The lowest BCUT2D eigenvalue weighted by Gasteiger charge is -2.11. The van der Waals surface area contributed by atoms with Crippen molar-refractivity contribution in [1.82, 2.24) is 9.55 Å². The van der Waals surface area contributed by atoms with Crippen molar-refractivity contribution < 1.29 is 0 Å². The number of fused-ring (bicyclic) bond motifs is 2. The zero-order valence-electron chi connectivity index (χ0n) is 8.70. The Hall–Kier alpha value is -1.64. The van der Waals surface area contributed by atoms with Gasteiger partial charge < -0.3 is 4.57 Å². The van der Waals surface area contributed by atoms with Crippen LogP contribution in [0.15, 0.2) is 24.3 Å². The largest absolute Gasteiger partial charge is 0.312 e. The minimum atomic E-state index is 0.421. The summed E-state index contributed by atoms with van der Waals surface area (Å²) in [6.07, 6.45) is 2.10. The Morgan fingerprint density at radius 1 is 1.40 bits per heavy atom. The van der Waals surface area contributed by atoms with Crippen LogP contribution in [-0.2, 0) is 6.42 Å². The van der Waals surface area contributed by atoms with E-state index in [-0.39, 0.29) is 0 Å². The molecule has 3 nitrogen and oxygen atoms in total. The van der Waals surface area contributed by atoms with Crippen molar-refractivity contribution in [3.63, 3.8) is 0 Å². The van der Waals surface area contributed by atoms with E-state index in [0.717, 1.165) is 29.6 Å². The summed E-state index contributed by atoms with van der Waals surface area (Å²) >= 11 is 0. The van der Waals surface area contributed by atoms with Crippen molar-refractivity contribution >= 4 is 10.9 Å². The summed E-state index contributed by atoms with van der Waals surface area (Å²) in [6.45, 7) is 2.16. The van der Waals surface area contributed by atoms with Crippen LogP contribution in [0, 0.1) is 5.41 Å². The van der Waals surface area contributed by atoms with Gasteiger partial charge in [-0.3, -0.25) is 5.41 Å². The SMILES string of the molecule is CC1CCc2nc3ccccc3c(=N)n21. The number of hydrogen-bond donors (Lipinski definition) is 1. The third kappa shape index (κ3) is 1.12. The van der Waals surface area contributed by atoms with Crippen molar-refractivity contribution in [2.24, 2.45) is 0 Å². The molecule has 1 N–H and O–H groups in total. The molecule has 1 atom stereocenters. The molecule has 0 aliphatic carbocycles. The van der Waals surface area contributed by atoms with Crippen LogP contribution >= 0.6 is 0 Å². The maximum Gasteiger partial charge on any atom is 0.135 e. The molecule has 2 heterocycles. The van der Waals surface area contributed by atoms with Gasteiger partial charge in [0.2, 0.25) is 0 Å². The maximum atomic E-state index is 8.17. The van der Waals surface area contributed by atoms with Crippen LogP contribution in [-0.4, -0.2) is 9.55 Å². The number of nitrogens with zero attached hydrogens (tertiary/aromatic N) is 2. The summed E-state index contributed by atoms with van der Waals surface area (Å²) < 4.78 is 2.06. The molecule has 1 aliphatic heterocycles. The molecule has 1 unspecified atom stereocenters. The monoisotopic (exact) mass is 199 g/mol. The lowest BCUT2D eigenvalue weighted by Crippen LogP contribution is -2.23. The molecule has 0 fully saturated rings. The fraction of sp³-hybridized carbons (Fsp3) is 0.333. The molecule has 1 aromatic heterocycles. The number of hydrogen-bond acceptors (Lipinski definition) is 2. The Morgan fingerprint density at radius 3 is 3.07 bits per heavy atom. The number of nitrogens with one attached hydrogen (secondary N) is 1. The maximum absolute atomic E-state index is 8.17. The van der Waals surface area contributed by atoms with E-state index in [1.165, 1.54) is 0 Å². The first-order valence-electron chi connectivity index (χ1n) is 5.32. The van der Waals surface area contributed by atoms with E-state index in [9.17, 15) is 0 Å². The average Bonchev–Trinajstić information content (AvgIpc) is 2.61. The standard InChI is InChI=1S/C12H13N3/c1-8-6-7-11-14-10-5-3-2-4-9(10)12(13)15(8)11/h2-5,8,13H,6-7H2,1H3. The summed E-state index contributed by atoms with van der Waals surface area (Å²) in [4.78, 5) is 4.61. The van der Waals surface area contributed by atoms with Gasteiger partial charge in [-0.2, -0.15) is 0 Å². The van der Waals surface area contributed by atoms with E-state index in [1.807, 2.05) is 24.3 Å². The number of benzene rings is 1. The van der Waals surface area contributed by atoms with Gasteiger partial charge in [0.05, 0.1) is 5.52 Å². The van der Waals surface area contributed by atoms with E-state index in [4.69, 9.17) is 5.41 Å². The van der Waals surface area contributed by atoms with Gasteiger partial charge in [-0.1, -0.05) is 12.1 Å². The molecule has 15 heavy (non-hydrogen) atoms. The van der Waals surface area contributed by atoms with Crippen molar-refractivity contribution in [3.05, 3.63) is 35.6 Å². The fourth-order valence-corrected chi connectivity index (χ4v) is 2.34. The van der Waals surface area contributed by atoms with Crippen LogP contribution in [0.5, 0.6) is 0 Å². The van der Waals surface area contributed by atoms with Gasteiger partial charge in [-0.15, -0.1) is 0 Å². The second kappa shape index (κ2) is 2.92. The summed E-state index contributed by atoms with van der Waals surface area (Å²) in [6, 6.07) is 8.32. The van der Waals surface area contributed by atoms with Crippen LogP contribution in [0.25, 0.3) is 10.9 Å². The highest BCUT2D eigenvalue weighted by Gasteiger charge is 2.20. The lowest BCUT2D eigenvalue weighted by atomic mass is 10.2. The Bertz CT molecular complexity index is 583. The van der Waals surface area contributed by atoms with E-state index in [0.29, 0.717) is 11.5 Å². The summed E-state index contributed by atoms with van der Waals surface area (Å²) in [5.74, 6) is 1.06. The minimum absolute atomic E-state index is 0.421. The molecular formula is C12H13N3. The Morgan fingerprint density at radius 2 is 2.20 bits per heavy atom. The Labute approximate surface area is 87.9 Å². The summed E-state index contributed by atoms with van der Waals surface area (Å²) in [5.41, 5.74) is 1.56. The van der Waals surface area contributed by atoms with Gasteiger partial charge in [-0.25, -0.2) is 4.98 Å². The predicted octanol–water partition coefficient (Wildman–Crippen LogP) is 2.02. The Balaban J connectivity index is 2.47. The van der Waals surface area contributed by atoms with Gasteiger partial charge in [-0.05, 0) is 25.5 Å². The van der Waals surface area contributed by atoms with Gasteiger partial charge in [0.1, 0.15) is 11.3 Å². The topological polar surface area (TPSA) is 41.7 Å². The third-order valence-corrected chi connectivity index (χ3v) is 3.15. The first-order chi connectivity index (χ1) is 7.27. The number of aryl methyl sites for hydroxylation is 1. The average molecular weight is 199 g/mol. The first kappa shape index (κ1) is 8.65. The second-order valence-electron chi connectivity index (χ2n) is 4.15. The van der Waals surface area contributed by atoms with Crippen molar-refractivity contribution in [3.8, 4) is 0 Å². The number of aromatic nitrogens is 2. The quantitative estimate of drug-likeness (QED) is 0.693. The molecule has 1 aromatic carbocycles. The first-order valence-corrected chi connectivity index (χ1v) is 5.32. The molecule has 3 heteroatoms. The molecular weight excluding hydrogens is 186 g/mol. The molecule has 2 aromatic rings. The van der Waals surface area contributed by atoms with Crippen molar-refractivity contribution in [2.45, 2.75) is 25.8 Å². The van der Waals surface area contributed by atoms with Crippen LogP contribution in [0.3, 0.4) is 0 Å². The molecule has 1 aliphatic rings. The molecule has 0 bridgehead atoms. The normalized spacial score (nSPS) is 19.4. The Kier molecular flexibility index (Phi) is 1.69. The van der Waals surface area contributed by atoms with E-state index < -0.39 is 0 Å². The van der Waals surface area contributed by atoms with Crippen LogP contribution in [0.2, 0.25) is 0 Å². The van der Waals surface area contributed by atoms with Crippen molar-refractivity contribution in [1.29, 1.82) is 5.41 Å². The fourth-order valence-electron chi connectivity index (χ4n) is 2.34. The van der Waals surface area contributed by atoms with Crippen LogP contribution in [0.4, 0.5) is 0 Å². The van der Waals surface area contributed by atoms with Crippen molar-refractivity contribution in [2.75, 3.05) is 0 Å². The van der Waals surface area contributed by atoms with Crippen LogP contribution < -0.4 is 5.49 Å². The van der Waals surface area contributed by atoms with E-state index >= 15 is 0 Å². The second-order valence-corrected chi connectivity index (χ2v) is 4.15. The van der Waals surface area contributed by atoms with Gasteiger partial charge in [0.25, 0.3) is 0 Å². The predicted molar refractivity (Wildman–Crippen MR) is 58.6 cm³/mol. The number of para-hydroxylation sites is 1. The highest BCUT2D eigenvalue weighted by Crippen LogP contribution is 2.22. The summed E-state index contributed by atoms with van der Waals surface area (Å²) in [5, 5.41) is 9.13. The highest BCUT2D eigenvalue weighted by molar-refractivity contribution is 5.77. The minimum Gasteiger partial charge on any atom is -0.312 e. The molecule has 76 valence electrons. The molecule has 0 saturated heterocycles. The molecule has 0 radical (unpaired) electrons. The smallest absolute Gasteiger partial charge is 0.135 e. The number of rotatable bonds is 0. The summed E-state index contributed by atoms with van der Waals surface area (Å²) in [7, 11) is 0. The van der Waals surface area contributed by atoms with Gasteiger partial charge in [0.15, 0.2) is 0 Å². The molecule has 0 saturated carbocycles. The molecule has 0 spiro atoms. The molecule has 3 rings (SSSR count). The van der Waals surface area contributed by atoms with E-state index in [1.54, 1.807) is 0 Å². The zero-order valence-corrected chi connectivity index (χ0v) is 8.70. The third-order valence-electron chi connectivity index (χ3n) is 3.15. The van der Waals surface area contributed by atoms with Crippen LogP contribution in [0.1, 0.15) is 25.2 Å². The van der Waals surface area contributed by atoms with E-state index in [2.05, 4.69) is 16.5 Å². The van der Waals surface area contributed by atoms with Gasteiger partial charge >= 0.3 is 0 Å². The highest BCUT2D eigenvalue weighted by atomic mass is 15.1. The zero-order chi connectivity index (χ0) is 10.4. The van der Waals surface area contributed by atoms with Gasteiger partial charge in [0, 0.05) is 17.8 Å². The lowest BCUT2D eigenvalue weighted by molar-refractivity contribution is 0.553.